The number of aryl methyl sites for hydroxylation is 1. The summed E-state index contributed by atoms with van der Waals surface area (Å²) in [7, 11) is 0. The molecule has 0 radical (unpaired) electrons. The molecule has 1 aromatic rings. The van der Waals surface area contributed by atoms with Crippen LogP contribution >= 0.6 is 0 Å². The molecule has 0 unspecified atom stereocenters. The maximum Gasteiger partial charge on any atom is 0.224 e. The number of hydrogen-bond acceptors (Lipinski definition) is 4. The molecule has 0 spiro atoms. The summed E-state index contributed by atoms with van der Waals surface area (Å²) in [6.45, 7) is 8.97. The molecule has 3 heterocycles. The lowest BCUT2D eigenvalue weighted by Crippen LogP contribution is -2.42. The average Bonchev–Trinajstić information content (AvgIpc) is 3.10. The number of rotatable bonds is 5. The van der Waals surface area contributed by atoms with Gasteiger partial charge in [0.25, 0.3) is 0 Å². The average molecular weight is 320 g/mol. The third-order valence-electron chi connectivity index (χ3n) is 5.04. The van der Waals surface area contributed by atoms with E-state index in [1.54, 1.807) is 0 Å². The van der Waals surface area contributed by atoms with Crippen LogP contribution in [0.3, 0.4) is 0 Å². The third-order valence-corrected chi connectivity index (χ3v) is 5.04. The van der Waals surface area contributed by atoms with Gasteiger partial charge < -0.3 is 14.5 Å². The SMILES string of the molecule is CCn1cc(C2CCN(CCC(=O)N3CCOCC3)CC2)cn1. The Hall–Kier alpha value is -1.40. The monoisotopic (exact) mass is 320 g/mol. The first-order chi connectivity index (χ1) is 11.3. The van der Waals surface area contributed by atoms with Crippen LogP contribution in [0, 0.1) is 0 Å². The van der Waals surface area contributed by atoms with E-state index in [2.05, 4.69) is 23.1 Å². The van der Waals surface area contributed by atoms with E-state index >= 15 is 0 Å². The zero-order valence-corrected chi connectivity index (χ0v) is 14.1. The molecule has 3 rings (SSSR count). The van der Waals surface area contributed by atoms with Crippen molar-refractivity contribution in [3.05, 3.63) is 18.0 Å². The molecule has 128 valence electrons. The van der Waals surface area contributed by atoms with Crippen molar-refractivity contribution >= 4 is 5.91 Å². The fourth-order valence-corrected chi connectivity index (χ4v) is 3.48. The number of piperidine rings is 1. The molecular formula is C17H28N4O2. The van der Waals surface area contributed by atoms with Crippen molar-refractivity contribution in [3.63, 3.8) is 0 Å². The molecule has 0 bridgehead atoms. The molecule has 23 heavy (non-hydrogen) atoms. The van der Waals surface area contributed by atoms with Crippen LogP contribution < -0.4 is 0 Å². The molecule has 0 saturated carbocycles. The molecule has 0 aromatic carbocycles. The highest BCUT2D eigenvalue weighted by Crippen LogP contribution is 2.27. The highest BCUT2D eigenvalue weighted by atomic mass is 16.5. The largest absolute Gasteiger partial charge is 0.378 e. The summed E-state index contributed by atoms with van der Waals surface area (Å²) in [4.78, 5) is 16.6. The van der Waals surface area contributed by atoms with Gasteiger partial charge in [-0.15, -0.1) is 0 Å². The molecule has 2 saturated heterocycles. The van der Waals surface area contributed by atoms with Crippen molar-refractivity contribution in [2.45, 2.75) is 38.6 Å². The lowest BCUT2D eigenvalue weighted by molar-refractivity contribution is -0.135. The molecule has 6 nitrogen and oxygen atoms in total. The molecule has 6 heteroatoms. The number of carbonyl (C=O) groups is 1. The van der Waals surface area contributed by atoms with Crippen LogP contribution in [0.25, 0.3) is 0 Å². The number of morpholine rings is 1. The predicted molar refractivity (Wildman–Crippen MR) is 88.3 cm³/mol. The Morgan fingerprint density at radius 2 is 2.00 bits per heavy atom. The van der Waals surface area contributed by atoms with Crippen LogP contribution in [0.5, 0.6) is 0 Å². The Kier molecular flexibility index (Phi) is 5.67. The van der Waals surface area contributed by atoms with Gasteiger partial charge in [-0.05, 0) is 44.3 Å². The van der Waals surface area contributed by atoms with Gasteiger partial charge in [0.15, 0.2) is 0 Å². The first-order valence-corrected chi connectivity index (χ1v) is 8.86. The van der Waals surface area contributed by atoms with E-state index in [1.165, 1.54) is 18.4 Å². The summed E-state index contributed by atoms with van der Waals surface area (Å²) in [5.41, 5.74) is 1.37. The number of carbonyl (C=O) groups excluding carboxylic acids is 1. The summed E-state index contributed by atoms with van der Waals surface area (Å²) >= 11 is 0. The molecular weight excluding hydrogens is 292 g/mol. The molecule has 1 amide bonds. The molecule has 2 aliphatic rings. The van der Waals surface area contributed by atoms with Crippen molar-refractivity contribution in [1.82, 2.24) is 19.6 Å². The van der Waals surface area contributed by atoms with E-state index in [0.29, 0.717) is 25.6 Å². The van der Waals surface area contributed by atoms with Gasteiger partial charge in [-0.2, -0.15) is 5.10 Å². The molecule has 0 aliphatic carbocycles. The fraction of sp³-hybridized carbons (Fsp3) is 0.765. The van der Waals surface area contributed by atoms with Crippen molar-refractivity contribution < 1.29 is 9.53 Å². The van der Waals surface area contributed by atoms with Crippen molar-refractivity contribution in [2.24, 2.45) is 0 Å². The number of aromatic nitrogens is 2. The number of ether oxygens (including phenoxy) is 1. The van der Waals surface area contributed by atoms with E-state index < -0.39 is 0 Å². The minimum Gasteiger partial charge on any atom is -0.378 e. The van der Waals surface area contributed by atoms with Crippen LogP contribution in [-0.2, 0) is 16.1 Å². The van der Waals surface area contributed by atoms with E-state index in [0.717, 1.165) is 39.3 Å². The second kappa shape index (κ2) is 7.93. The topological polar surface area (TPSA) is 50.6 Å². The maximum atomic E-state index is 12.2. The van der Waals surface area contributed by atoms with E-state index in [4.69, 9.17) is 4.74 Å². The Balaban J connectivity index is 1.39. The third kappa shape index (κ3) is 4.32. The second-order valence-corrected chi connectivity index (χ2v) is 6.49. The van der Waals surface area contributed by atoms with E-state index in [9.17, 15) is 4.79 Å². The Morgan fingerprint density at radius 1 is 1.26 bits per heavy atom. The lowest BCUT2D eigenvalue weighted by atomic mass is 9.91. The maximum absolute atomic E-state index is 12.2. The van der Waals surface area contributed by atoms with Gasteiger partial charge in [-0.25, -0.2) is 0 Å². The van der Waals surface area contributed by atoms with Crippen molar-refractivity contribution in [1.29, 1.82) is 0 Å². The molecule has 1 aromatic heterocycles. The summed E-state index contributed by atoms with van der Waals surface area (Å²) in [5, 5.41) is 4.38. The second-order valence-electron chi connectivity index (χ2n) is 6.49. The minimum absolute atomic E-state index is 0.277. The lowest BCUT2D eigenvalue weighted by Gasteiger charge is -2.32. The van der Waals surface area contributed by atoms with Crippen molar-refractivity contribution in [2.75, 3.05) is 45.9 Å². The smallest absolute Gasteiger partial charge is 0.224 e. The Morgan fingerprint density at radius 3 is 2.65 bits per heavy atom. The first-order valence-electron chi connectivity index (χ1n) is 8.86. The van der Waals surface area contributed by atoms with Crippen LogP contribution in [0.1, 0.15) is 37.7 Å². The minimum atomic E-state index is 0.277. The zero-order chi connectivity index (χ0) is 16.1. The van der Waals surface area contributed by atoms with Crippen LogP contribution in [0.15, 0.2) is 12.4 Å². The normalized spacial score (nSPS) is 20.8. The molecule has 2 fully saturated rings. The predicted octanol–water partition coefficient (Wildman–Crippen LogP) is 1.33. The van der Waals surface area contributed by atoms with E-state index in [-0.39, 0.29) is 5.91 Å². The van der Waals surface area contributed by atoms with Crippen LogP contribution in [-0.4, -0.2) is 71.4 Å². The summed E-state index contributed by atoms with van der Waals surface area (Å²) in [5.74, 6) is 0.904. The van der Waals surface area contributed by atoms with Crippen LogP contribution in [0.4, 0.5) is 0 Å². The van der Waals surface area contributed by atoms with Gasteiger partial charge >= 0.3 is 0 Å². The summed E-state index contributed by atoms with van der Waals surface area (Å²) in [6, 6.07) is 0. The first kappa shape index (κ1) is 16.5. The molecule has 0 atom stereocenters. The van der Waals surface area contributed by atoms with Gasteiger partial charge in [0.1, 0.15) is 0 Å². The quantitative estimate of drug-likeness (QED) is 0.821. The van der Waals surface area contributed by atoms with Gasteiger partial charge in [0.2, 0.25) is 5.91 Å². The highest BCUT2D eigenvalue weighted by molar-refractivity contribution is 5.76. The fourth-order valence-electron chi connectivity index (χ4n) is 3.48. The molecule has 0 N–H and O–H groups in total. The van der Waals surface area contributed by atoms with Gasteiger partial charge in [0, 0.05) is 38.8 Å². The zero-order valence-electron chi connectivity index (χ0n) is 14.1. The summed E-state index contributed by atoms with van der Waals surface area (Å²) < 4.78 is 7.30. The van der Waals surface area contributed by atoms with Gasteiger partial charge in [-0.3, -0.25) is 9.48 Å². The number of hydrogen-bond donors (Lipinski definition) is 0. The van der Waals surface area contributed by atoms with Gasteiger partial charge in [-0.1, -0.05) is 0 Å². The number of amides is 1. The molecule has 2 aliphatic heterocycles. The Bertz CT molecular complexity index is 502. The van der Waals surface area contributed by atoms with E-state index in [1.807, 2.05) is 15.8 Å². The van der Waals surface area contributed by atoms with Gasteiger partial charge in [0.05, 0.1) is 19.4 Å². The number of nitrogens with zero attached hydrogens (tertiary/aromatic N) is 4. The highest BCUT2D eigenvalue weighted by Gasteiger charge is 2.23. The van der Waals surface area contributed by atoms with Crippen LogP contribution in [0.2, 0.25) is 0 Å². The van der Waals surface area contributed by atoms with Crippen molar-refractivity contribution in [3.8, 4) is 0 Å². The Labute approximate surface area is 138 Å². The number of likely N-dealkylation sites (tertiary alicyclic amines) is 1. The standard InChI is InChI=1S/C17H28N4O2/c1-2-21-14-16(13-18-21)15-3-6-19(7-4-15)8-5-17(22)20-9-11-23-12-10-20/h13-15H,2-12H2,1H3. The summed E-state index contributed by atoms with van der Waals surface area (Å²) in [6.07, 6.45) is 7.18.